The molecule has 0 aromatic heterocycles. The first-order valence-corrected chi connectivity index (χ1v) is 10.6. The van der Waals surface area contributed by atoms with E-state index in [0.717, 1.165) is 42.9 Å². The minimum atomic E-state index is -0.170. The van der Waals surface area contributed by atoms with E-state index in [1.54, 1.807) is 6.21 Å². The number of hydrogen-bond acceptors (Lipinski definition) is 3. The zero-order valence-electron chi connectivity index (χ0n) is 16.6. The summed E-state index contributed by atoms with van der Waals surface area (Å²) in [6.45, 7) is 2.50. The average Bonchev–Trinajstić information content (AvgIpc) is 2.77. The van der Waals surface area contributed by atoms with Crippen molar-refractivity contribution in [3.63, 3.8) is 0 Å². The first-order valence-electron chi connectivity index (χ1n) is 9.80. The molecule has 0 aliphatic carbocycles. The molecular formula is C25H21BrN2O2. The summed E-state index contributed by atoms with van der Waals surface area (Å²) in [6, 6.07) is 24.0. The predicted octanol–water partition coefficient (Wildman–Crippen LogP) is 5.85. The molecule has 4 aromatic rings. The van der Waals surface area contributed by atoms with Gasteiger partial charge in [-0.05, 0) is 46.2 Å². The van der Waals surface area contributed by atoms with Gasteiger partial charge in [-0.25, -0.2) is 5.43 Å². The van der Waals surface area contributed by atoms with Crippen molar-refractivity contribution in [1.29, 1.82) is 0 Å². The lowest BCUT2D eigenvalue weighted by Gasteiger charge is -2.10. The van der Waals surface area contributed by atoms with Crippen molar-refractivity contribution in [2.45, 2.75) is 13.3 Å². The second-order valence-electron chi connectivity index (χ2n) is 6.85. The minimum absolute atomic E-state index is 0.170. The van der Waals surface area contributed by atoms with E-state index in [2.05, 4.69) is 26.5 Å². The summed E-state index contributed by atoms with van der Waals surface area (Å²) in [5.41, 5.74) is 4.47. The van der Waals surface area contributed by atoms with Crippen LogP contribution in [0.1, 0.15) is 18.1 Å². The fourth-order valence-electron chi connectivity index (χ4n) is 3.55. The van der Waals surface area contributed by atoms with Crippen LogP contribution in [0.15, 0.2) is 82.4 Å². The molecule has 0 saturated carbocycles. The molecule has 0 fully saturated rings. The SMILES string of the molecule is CCOc1ccc2ccccc2c1C=NNC(=O)Cc1ccc(Br)c2ccccc12. The van der Waals surface area contributed by atoms with Crippen molar-refractivity contribution in [3.05, 3.63) is 88.4 Å². The topological polar surface area (TPSA) is 50.7 Å². The maximum absolute atomic E-state index is 12.5. The maximum atomic E-state index is 12.5. The van der Waals surface area contributed by atoms with Crippen LogP contribution in [0.25, 0.3) is 21.5 Å². The third kappa shape index (κ3) is 4.21. The molecular weight excluding hydrogens is 440 g/mol. The molecule has 150 valence electrons. The van der Waals surface area contributed by atoms with Crippen molar-refractivity contribution in [2.75, 3.05) is 6.61 Å². The van der Waals surface area contributed by atoms with E-state index in [1.165, 1.54) is 0 Å². The van der Waals surface area contributed by atoms with Crippen molar-refractivity contribution < 1.29 is 9.53 Å². The Morgan fingerprint density at radius 3 is 2.50 bits per heavy atom. The minimum Gasteiger partial charge on any atom is -0.493 e. The second kappa shape index (κ2) is 9.09. The smallest absolute Gasteiger partial charge is 0.244 e. The van der Waals surface area contributed by atoms with Crippen LogP contribution in [0, 0.1) is 0 Å². The molecule has 4 aromatic carbocycles. The van der Waals surface area contributed by atoms with Gasteiger partial charge < -0.3 is 4.74 Å². The molecule has 4 rings (SSSR count). The molecule has 0 aliphatic rings. The molecule has 0 saturated heterocycles. The Hall–Kier alpha value is -3.18. The Kier molecular flexibility index (Phi) is 6.10. The summed E-state index contributed by atoms with van der Waals surface area (Å²) in [5.74, 6) is 0.574. The van der Waals surface area contributed by atoms with Gasteiger partial charge in [0.25, 0.3) is 0 Å². The summed E-state index contributed by atoms with van der Waals surface area (Å²) in [7, 11) is 0. The zero-order valence-corrected chi connectivity index (χ0v) is 18.1. The van der Waals surface area contributed by atoms with Crippen molar-refractivity contribution in [2.24, 2.45) is 5.10 Å². The summed E-state index contributed by atoms with van der Waals surface area (Å²) < 4.78 is 6.76. The van der Waals surface area contributed by atoms with Gasteiger partial charge in [0.2, 0.25) is 5.91 Å². The number of nitrogens with one attached hydrogen (secondary N) is 1. The quantitative estimate of drug-likeness (QED) is 0.290. The second-order valence-corrected chi connectivity index (χ2v) is 7.71. The zero-order chi connectivity index (χ0) is 20.9. The first kappa shape index (κ1) is 20.1. The van der Waals surface area contributed by atoms with Crippen LogP contribution >= 0.6 is 15.9 Å². The van der Waals surface area contributed by atoms with Crippen LogP contribution < -0.4 is 10.2 Å². The van der Waals surface area contributed by atoms with Crippen LogP contribution in [-0.4, -0.2) is 18.7 Å². The molecule has 0 aliphatic heterocycles. The lowest BCUT2D eigenvalue weighted by molar-refractivity contribution is -0.120. The number of nitrogens with zero attached hydrogens (tertiary/aromatic N) is 1. The first-order chi connectivity index (χ1) is 14.7. The monoisotopic (exact) mass is 460 g/mol. The van der Waals surface area contributed by atoms with Gasteiger partial charge >= 0.3 is 0 Å². The number of benzene rings is 4. The lowest BCUT2D eigenvalue weighted by Crippen LogP contribution is -2.20. The summed E-state index contributed by atoms with van der Waals surface area (Å²) >= 11 is 3.57. The molecule has 0 radical (unpaired) electrons. The molecule has 0 unspecified atom stereocenters. The molecule has 1 amide bonds. The highest BCUT2D eigenvalue weighted by Crippen LogP contribution is 2.28. The lowest BCUT2D eigenvalue weighted by atomic mass is 10.0. The average molecular weight is 461 g/mol. The highest BCUT2D eigenvalue weighted by Gasteiger charge is 2.09. The van der Waals surface area contributed by atoms with Crippen molar-refractivity contribution >= 4 is 49.6 Å². The molecule has 1 N–H and O–H groups in total. The molecule has 4 nitrogen and oxygen atoms in total. The number of hydrazone groups is 1. The fourth-order valence-corrected chi connectivity index (χ4v) is 4.03. The van der Waals surface area contributed by atoms with Gasteiger partial charge in [0.05, 0.1) is 19.2 Å². The number of hydrogen-bond donors (Lipinski definition) is 1. The van der Waals surface area contributed by atoms with Crippen LogP contribution in [0.5, 0.6) is 5.75 Å². The van der Waals surface area contributed by atoms with E-state index in [9.17, 15) is 4.79 Å². The van der Waals surface area contributed by atoms with E-state index in [0.29, 0.717) is 6.61 Å². The van der Waals surface area contributed by atoms with E-state index in [-0.39, 0.29) is 12.3 Å². The Balaban J connectivity index is 1.55. The highest BCUT2D eigenvalue weighted by atomic mass is 79.9. The molecule has 0 heterocycles. The summed E-state index contributed by atoms with van der Waals surface area (Å²) in [4.78, 5) is 12.5. The van der Waals surface area contributed by atoms with E-state index in [1.807, 2.05) is 79.7 Å². The van der Waals surface area contributed by atoms with Gasteiger partial charge in [0.1, 0.15) is 5.75 Å². The van der Waals surface area contributed by atoms with E-state index in [4.69, 9.17) is 4.74 Å². The summed E-state index contributed by atoms with van der Waals surface area (Å²) in [5, 5.41) is 8.48. The van der Waals surface area contributed by atoms with Gasteiger partial charge in [-0.1, -0.05) is 76.6 Å². The van der Waals surface area contributed by atoms with Gasteiger partial charge in [-0.15, -0.1) is 0 Å². The van der Waals surface area contributed by atoms with Gasteiger partial charge in [0.15, 0.2) is 0 Å². The summed E-state index contributed by atoms with van der Waals surface area (Å²) in [6.07, 6.45) is 1.91. The Morgan fingerprint density at radius 2 is 1.70 bits per heavy atom. The Labute approximate surface area is 183 Å². The number of ether oxygens (including phenoxy) is 1. The van der Waals surface area contributed by atoms with Gasteiger partial charge in [-0.3, -0.25) is 4.79 Å². The molecule has 0 spiro atoms. The van der Waals surface area contributed by atoms with Crippen LogP contribution in [0.4, 0.5) is 0 Å². The standard InChI is InChI=1S/C25H21BrN2O2/c1-2-30-24-14-12-17-7-3-4-8-19(17)22(24)16-27-28-25(29)15-18-11-13-23(26)21-10-6-5-9-20(18)21/h3-14,16H,2,15H2,1H3,(H,28,29). The predicted molar refractivity (Wildman–Crippen MR) is 126 cm³/mol. The number of rotatable bonds is 6. The molecule has 5 heteroatoms. The number of carbonyl (C=O) groups excluding carboxylic acids is 1. The number of amides is 1. The van der Waals surface area contributed by atoms with E-state index < -0.39 is 0 Å². The van der Waals surface area contributed by atoms with Crippen LogP contribution in [0.2, 0.25) is 0 Å². The fraction of sp³-hybridized carbons (Fsp3) is 0.120. The Bertz CT molecular complexity index is 1250. The maximum Gasteiger partial charge on any atom is 0.244 e. The van der Waals surface area contributed by atoms with E-state index >= 15 is 0 Å². The van der Waals surface area contributed by atoms with Crippen LogP contribution in [0.3, 0.4) is 0 Å². The third-order valence-electron chi connectivity index (χ3n) is 4.93. The molecule has 0 atom stereocenters. The molecule has 30 heavy (non-hydrogen) atoms. The molecule has 0 bridgehead atoms. The van der Waals surface area contributed by atoms with Crippen molar-refractivity contribution in [3.8, 4) is 5.75 Å². The number of halogens is 1. The largest absolute Gasteiger partial charge is 0.493 e. The Morgan fingerprint density at radius 1 is 0.967 bits per heavy atom. The highest BCUT2D eigenvalue weighted by molar-refractivity contribution is 9.10. The van der Waals surface area contributed by atoms with Gasteiger partial charge in [0, 0.05) is 10.0 Å². The normalized spacial score (nSPS) is 11.3. The third-order valence-corrected chi connectivity index (χ3v) is 5.62. The van der Waals surface area contributed by atoms with Crippen molar-refractivity contribution in [1.82, 2.24) is 5.43 Å². The van der Waals surface area contributed by atoms with Gasteiger partial charge in [-0.2, -0.15) is 5.10 Å². The van der Waals surface area contributed by atoms with Crippen LogP contribution in [-0.2, 0) is 11.2 Å². The number of fused-ring (bicyclic) bond motifs is 2. The number of carbonyl (C=O) groups is 1.